The van der Waals surface area contributed by atoms with Crippen LogP contribution in [0.5, 0.6) is 0 Å². The number of nitrogens with one attached hydrogen (secondary N) is 1. The third-order valence-corrected chi connectivity index (χ3v) is 2.05. The van der Waals surface area contributed by atoms with Crippen LogP contribution in [0.4, 0.5) is 0 Å². The van der Waals surface area contributed by atoms with Crippen LogP contribution < -0.4 is 11.1 Å². The Hall–Kier alpha value is -0.295. The summed E-state index contributed by atoms with van der Waals surface area (Å²) in [6.45, 7) is 1.51. The maximum Gasteiger partial charge on any atom is 0.475 e. The molecule has 1 amide bonds. The monoisotopic (exact) mass is 208 g/mol. The Kier molecular flexibility index (Phi) is 4.18. The van der Waals surface area contributed by atoms with Crippen molar-refractivity contribution >= 4 is 25.4 Å². The number of hydrogen-bond acceptors (Lipinski definition) is 4. The minimum Gasteiger partial charge on any atom is -0.426 e. The minimum atomic E-state index is -1.53. The predicted octanol–water partition coefficient (Wildman–Crippen LogP) is -1.58. The second-order valence-corrected chi connectivity index (χ2v) is 3.33. The van der Waals surface area contributed by atoms with Gasteiger partial charge in [0.15, 0.2) is 0 Å². The normalized spacial score (nSPS) is 19.7. The molecular formula is C6H14BClN2O3. The fourth-order valence-electron chi connectivity index (χ4n) is 0.787. The number of halogens is 1. The highest BCUT2D eigenvalue weighted by atomic mass is 35.5. The molecule has 5 nitrogen and oxygen atoms in total. The van der Waals surface area contributed by atoms with Crippen molar-refractivity contribution in [2.45, 2.75) is 31.2 Å². The highest BCUT2D eigenvalue weighted by molar-refractivity contribution is 6.43. The van der Waals surface area contributed by atoms with Crippen molar-refractivity contribution in [1.29, 1.82) is 0 Å². The van der Waals surface area contributed by atoms with Crippen LogP contribution in [-0.4, -0.2) is 34.6 Å². The van der Waals surface area contributed by atoms with Crippen LogP contribution in [0.25, 0.3) is 0 Å². The summed E-state index contributed by atoms with van der Waals surface area (Å²) in [5, 5.41) is 19.7. The van der Waals surface area contributed by atoms with Gasteiger partial charge in [-0.1, -0.05) is 0 Å². The van der Waals surface area contributed by atoms with Crippen molar-refractivity contribution in [1.82, 2.24) is 5.32 Å². The number of carbonyl (C=O) groups excluding carboxylic acids is 1. The molecule has 0 aliphatic heterocycles. The number of amides is 1. The van der Waals surface area contributed by atoms with Gasteiger partial charge in [-0.2, -0.15) is 0 Å². The Bertz CT molecular complexity index is 198. The molecule has 0 spiro atoms. The van der Waals surface area contributed by atoms with Crippen LogP contribution in [-0.2, 0) is 4.79 Å². The lowest BCUT2D eigenvalue weighted by Crippen LogP contribution is -2.51. The van der Waals surface area contributed by atoms with Crippen LogP contribution in [0.1, 0.15) is 19.8 Å². The molecule has 1 aliphatic carbocycles. The summed E-state index contributed by atoms with van der Waals surface area (Å²) < 4.78 is 0. The zero-order valence-electron chi connectivity index (χ0n) is 7.36. The van der Waals surface area contributed by atoms with Crippen molar-refractivity contribution in [3.05, 3.63) is 0 Å². The Balaban J connectivity index is 0.00000144. The first-order valence-corrected chi connectivity index (χ1v) is 3.92. The van der Waals surface area contributed by atoms with E-state index in [9.17, 15) is 4.79 Å². The molecular weight excluding hydrogens is 194 g/mol. The third kappa shape index (κ3) is 3.15. The molecule has 1 fully saturated rings. The van der Waals surface area contributed by atoms with Crippen molar-refractivity contribution < 1.29 is 14.8 Å². The molecule has 0 unspecified atom stereocenters. The Labute approximate surface area is 83.2 Å². The van der Waals surface area contributed by atoms with Crippen molar-refractivity contribution in [3.8, 4) is 0 Å². The van der Waals surface area contributed by atoms with E-state index < -0.39 is 18.6 Å². The smallest absolute Gasteiger partial charge is 0.426 e. The van der Waals surface area contributed by atoms with E-state index in [1.165, 1.54) is 6.92 Å². The van der Waals surface area contributed by atoms with E-state index in [1.54, 1.807) is 0 Å². The summed E-state index contributed by atoms with van der Waals surface area (Å²) in [4.78, 5) is 11.2. The van der Waals surface area contributed by atoms with Gasteiger partial charge in [-0.3, -0.25) is 4.79 Å². The van der Waals surface area contributed by atoms with E-state index in [0.29, 0.717) is 12.8 Å². The quantitative estimate of drug-likeness (QED) is 0.421. The van der Waals surface area contributed by atoms with Crippen LogP contribution in [0.3, 0.4) is 0 Å². The summed E-state index contributed by atoms with van der Waals surface area (Å²) in [7, 11) is -1.53. The molecule has 0 radical (unpaired) electrons. The Morgan fingerprint density at radius 3 is 2.38 bits per heavy atom. The van der Waals surface area contributed by atoms with E-state index in [4.69, 9.17) is 15.8 Å². The van der Waals surface area contributed by atoms with Gasteiger partial charge in [0, 0.05) is 0 Å². The van der Waals surface area contributed by atoms with Gasteiger partial charge in [0.2, 0.25) is 5.91 Å². The lowest BCUT2D eigenvalue weighted by atomic mass is 9.81. The zero-order chi connectivity index (χ0) is 9.35. The molecule has 1 aliphatic rings. The maximum absolute atomic E-state index is 11.2. The van der Waals surface area contributed by atoms with Gasteiger partial charge in [0.05, 0.1) is 11.5 Å². The second-order valence-electron chi connectivity index (χ2n) is 3.33. The first-order chi connectivity index (χ1) is 5.46. The number of nitrogens with two attached hydrogens (primary N) is 1. The van der Waals surface area contributed by atoms with Gasteiger partial charge >= 0.3 is 7.12 Å². The summed E-state index contributed by atoms with van der Waals surface area (Å²) in [6.07, 6.45) is 1.35. The molecule has 76 valence electrons. The molecule has 0 bridgehead atoms. The molecule has 5 N–H and O–H groups in total. The maximum atomic E-state index is 11.2. The fourth-order valence-corrected chi connectivity index (χ4v) is 0.787. The van der Waals surface area contributed by atoms with Gasteiger partial charge in [0.25, 0.3) is 0 Å². The largest absolute Gasteiger partial charge is 0.475 e. The fraction of sp³-hybridized carbons (Fsp3) is 0.833. The molecule has 0 saturated heterocycles. The highest BCUT2D eigenvalue weighted by Crippen LogP contribution is 2.32. The molecule has 1 atom stereocenters. The van der Waals surface area contributed by atoms with E-state index in [0.717, 1.165) is 0 Å². The summed E-state index contributed by atoms with van der Waals surface area (Å²) >= 11 is 0. The topological polar surface area (TPSA) is 95.6 Å². The highest BCUT2D eigenvalue weighted by Gasteiger charge is 2.46. The van der Waals surface area contributed by atoms with Gasteiger partial charge in [-0.25, -0.2) is 0 Å². The summed E-state index contributed by atoms with van der Waals surface area (Å²) in [5.41, 5.74) is 4.82. The SMILES string of the molecule is C[C@H](NC(=O)C1(N)CC1)B(O)O.Cl. The molecule has 7 heteroatoms. The lowest BCUT2D eigenvalue weighted by Gasteiger charge is -2.15. The molecule has 0 aromatic rings. The second kappa shape index (κ2) is 4.28. The number of hydrogen-bond donors (Lipinski definition) is 4. The van der Waals surface area contributed by atoms with E-state index >= 15 is 0 Å². The summed E-state index contributed by atoms with van der Waals surface area (Å²) in [6, 6.07) is 0. The first kappa shape index (κ1) is 12.7. The van der Waals surface area contributed by atoms with Crippen molar-refractivity contribution in [2.24, 2.45) is 5.73 Å². The predicted molar refractivity (Wildman–Crippen MR) is 51.2 cm³/mol. The van der Waals surface area contributed by atoms with E-state index in [-0.39, 0.29) is 18.3 Å². The molecule has 1 rings (SSSR count). The van der Waals surface area contributed by atoms with Crippen LogP contribution in [0, 0.1) is 0 Å². The standard InChI is InChI=1S/C6H13BN2O3.ClH/c1-4(7(11)12)9-5(10)6(8)2-3-6;/h4,11-12H,2-3,8H2,1H3,(H,9,10);1H/t4-;/m0./s1. The molecule has 0 heterocycles. The number of rotatable bonds is 3. The number of carbonyl (C=O) groups is 1. The van der Waals surface area contributed by atoms with E-state index in [1.807, 2.05) is 0 Å². The van der Waals surface area contributed by atoms with Crippen LogP contribution in [0.2, 0.25) is 0 Å². The van der Waals surface area contributed by atoms with Crippen LogP contribution >= 0.6 is 12.4 Å². The zero-order valence-corrected chi connectivity index (χ0v) is 8.17. The Morgan fingerprint density at radius 1 is 1.62 bits per heavy atom. The van der Waals surface area contributed by atoms with E-state index in [2.05, 4.69) is 5.32 Å². The molecule has 0 aromatic carbocycles. The Morgan fingerprint density at radius 2 is 2.08 bits per heavy atom. The molecule has 0 aromatic heterocycles. The van der Waals surface area contributed by atoms with Crippen molar-refractivity contribution in [3.63, 3.8) is 0 Å². The van der Waals surface area contributed by atoms with Gasteiger partial charge in [-0.15, -0.1) is 12.4 Å². The lowest BCUT2D eigenvalue weighted by molar-refractivity contribution is -0.123. The average molecular weight is 208 g/mol. The third-order valence-electron chi connectivity index (χ3n) is 2.05. The molecule has 13 heavy (non-hydrogen) atoms. The van der Waals surface area contributed by atoms with Gasteiger partial charge in [0.1, 0.15) is 0 Å². The summed E-state index contributed by atoms with van der Waals surface area (Å²) in [5.74, 6) is -0.971. The van der Waals surface area contributed by atoms with Gasteiger partial charge < -0.3 is 21.1 Å². The van der Waals surface area contributed by atoms with Gasteiger partial charge in [-0.05, 0) is 19.8 Å². The minimum absolute atomic E-state index is 0. The van der Waals surface area contributed by atoms with Crippen molar-refractivity contribution in [2.75, 3.05) is 0 Å². The molecule has 1 saturated carbocycles. The van der Waals surface area contributed by atoms with Crippen LogP contribution in [0.15, 0.2) is 0 Å². The average Bonchev–Trinajstić information content (AvgIpc) is 2.69. The first-order valence-electron chi connectivity index (χ1n) is 3.92.